The monoisotopic (exact) mass is 281 g/mol. The van der Waals surface area contributed by atoms with E-state index in [0.29, 0.717) is 18.5 Å². The highest BCUT2D eigenvalue weighted by Gasteiger charge is 2.12. The summed E-state index contributed by atoms with van der Waals surface area (Å²) in [7, 11) is 2.98. The number of anilines is 1. The predicted octanol–water partition coefficient (Wildman–Crippen LogP) is 2.15. The topological polar surface area (TPSA) is 84.9 Å². The van der Waals surface area contributed by atoms with Gasteiger partial charge in [0.2, 0.25) is 5.91 Å². The summed E-state index contributed by atoms with van der Waals surface area (Å²) < 4.78 is 10.1. The standard InChI is InChI=1S/C14H19NO5/c1-9(19-2)4-7-13(16)15-10-5-6-11(14(17)18)12(8-10)20-3/h5-6,8-9H,4,7H2,1-3H3,(H,15,16)(H,17,18). The summed E-state index contributed by atoms with van der Waals surface area (Å²) in [5.41, 5.74) is 0.556. The third-order valence-electron chi connectivity index (χ3n) is 2.90. The first kappa shape index (κ1) is 16.0. The van der Waals surface area contributed by atoms with Crippen LogP contribution in [0.4, 0.5) is 5.69 Å². The van der Waals surface area contributed by atoms with E-state index < -0.39 is 5.97 Å². The Balaban J connectivity index is 2.69. The molecule has 6 nitrogen and oxygen atoms in total. The molecular formula is C14H19NO5. The van der Waals surface area contributed by atoms with Gasteiger partial charge in [-0.15, -0.1) is 0 Å². The summed E-state index contributed by atoms with van der Waals surface area (Å²) in [5, 5.41) is 11.7. The minimum atomic E-state index is -1.08. The molecule has 0 spiro atoms. The first-order chi connectivity index (χ1) is 9.47. The van der Waals surface area contributed by atoms with Gasteiger partial charge >= 0.3 is 5.97 Å². The van der Waals surface area contributed by atoms with Crippen molar-refractivity contribution in [2.75, 3.05) is 19.5 Å². The molecule has 0 aromatic heterocycles. The number of hydrogen-bond donors (Lipinski definition) is 2. The molecule has 0 saturated heterocycles. The van der Waals surface area contributed by atoms with Gasteiger partial charge in [0.25, 0.3) is 0 Å². The molecule has 110 valence electrons. The summed E-state index contributed by atoms with van der Waals surface area (Å²) in [6.07, 6.45) is 0.967. The van der Waals surface area contributed by atoms with E-state index in [0.717, 1.165) is 0 Å². The zero-order valence-electron chi connectivity index (χ0n) is 11.8. The van der Waals surface area contributed by atoms with E-state index in [9.17, 15) is 9.59 Å². The van der Waals surface area contributed by atoms with Gasteiger partial charge in [-0.05, 0) is 25.5 Å². The van der Waals surface area contributed by atoms with Crippen LogP contribution in [0.2, 0.25) is 0 Å². The number of hydrogen-bond acceptors (Lipinski definition) is 4. The van der Waals surface area contributed by atoms with E-state index in [4.69, 9.17) is 14.6 Å². The van der Waals surface area contributed by atoms with Gasteiger partial charge in [0.1, 0.15) is 11.3 Å². The quantitative estimate of drug-likeness (QED) is 0.800. The summed E-state index contributed by atoms with van der Waals surface area (Å²) in [4.78, 5) is 22.7. The number of aromatic carboxylic acids is 1. The number of carboxylic acids is 1. The van der Waals surface area contributed by atoms with Gasteiger partial charge in [-0.2, -0.15) is 0 Å². The Morgan fingerprint density at radius 1 is 1.35 bits per heavy atom. The van der Waals surface area contributed by atoms with E-state index in [1.807, 2.05) is 6.92 Å². The van der Waals surface area contributed by atoms with E-state index >= 15 is 0 Å². The number of carboxylic acid groups (broad SMARTS) is 1. The van der Waals surface area contributed by atoms with Gasteiger partial charge in [-0.3, -0.25) is 4.79 Å². The summed E-state index contributed by atoms with van der Waals surface area (Å²) in [5.74, 6) is -1.02. The number of ether oxygens (including phenoxy) is 2. The van der Waals surface area contributed by atoms with Crippen molar-refractivity contribution >= 4 is 17.6 Å². The Bertz CT molecular complexity index is 486. The fraction of sp³-hybridized carbons (Fsp3) is 0.429. The van der Waals surface area contributed by atoms with E-state index in [1.54, 1.807) is 7.11 Å². The Morgan fingerprint density at radius 2 is 2.05 bits per heavy atom. The fourth-order valence-corrected chi connectivity index (χ4v) is 1.62. The molecule has 2 N–H and O–H groups in total. The van der Waals surface area contributed by atoms with Crippen LogP contribution in [0, 0.1) is 0 Å². The van der Waals surface area contributed by atoms with Gasteiger partial charge in [0.05, 0.1) is 13.2 Å². The molecule has 1 aromatic carbocycles. The maximum absolute atomic E-state index is 11.7. The van der Waals surface area contributed by atoms with Crippen molar-refractivity contribution in [2.45, 2.75) is 25.9 Å². The molecule has 0 fully saturated rings. The maximum atomic E-state index is 11.7. The fourth-order valence-electron chi connectivity index (χ4n) is 1.62. The van der Waals surface area contributed by atoms with E-state index in [1.165, 1.54) is 25.3 Å². The lowest BCUT2D eigenvalue weighted by atomic mass is 10.1. The maximum Gasteiger partial charge on any atom is 0.339 e. The molecule has 0 bridgehead atoms. The van der Waals surface area contributed by atoms with Crippen LogP contribution in [0.5, 0.6) is 5.75 Å². The highest BCUT2D eigenvalue weighted by molar-refractivity contribution is 5.94. The van der Waals surface area contributed by atoms with Crippen LogP contribution < -0.4 is 10.1 Å². The van der Waals surface area contributed by atoms with Gasteiger partial charge < -0.3 is 19.9 Å². The molecule has 6 heteroatoms. The normalized spacial score (nSPS) is 11.8. The first-order valence-corrected chi connectivity index (χ1v) is 6.22. The number of rotatable bonds is 7. The summed E-state index contributed by atoms with van der Waals surface area (Å²) >= 11 is 0. The van der Waals surface area contributed by atoms with Crippen LogP contribution in [-0.4, -0.2) is 37.3 Å². The summed E-state index contributed by atoms with van der Waals surface area (Å²) in [6, 6.07) is 4.42. The number of carbonyl (C=O) groups is 2. The zero-order chi connectivity index (χ0) is 15.1. The lowest BCUT2D eigenvalue weighted by molar-refractivity contribution is -0.116. The highest BCUT2D eigenvalue weighted by Crippen LogP contribution is 2.23. The number of methoxy groups -OCH3 is 2. The van der Waals surface area contributed by atoms with E-state index in [2.05, 4.69) is 5.32 Å². The molecule has 20 heavy (non-hydrogen) atoms. The van der Waals surface area contributed by atoms with Crippen molar-refractivity contribution in [1.29, 1.82) is 0 Å². The summed E-state index contributed by atoms with van der Waals surface area (Å²) in [6.45, 7) is 1.89. The lowest BCUT2D eigenvalue weighted by Crippen LogP contribution is -2.15. The zero-order valence-corrected chi connectivity index (χ0v) is 11.8. The third-order valence-corrected chi connectivity index (χ3v) is 2.90. The minimum Gasteiger partial charge on any atom is -0.496 e. The molecule has 0 aliphatic rings. The average molecular weight is 281 g/mol. The minimum absolute atomic E-state index is 0.0182. The van der Waals surface area contributed by atoms with Crippen molar-refractivity contribution < 1.29 is 24.2 Å². The Kier molecular flexibility index (Phi) is 5.99. The van der Waals surface area contributed by atoms with Crippen molar-refractivity contribution in [1.82, 2.24) is 0 Å². The smallest absolute Gasteiger partial charge is 0.339 e. The molecule has 1 rings (SSSR count). The lowest BCUT2D eigenvalue weighted by Gasteiger charge is -2.11. The SMILES string of the molecule is COc1cc(NC(=O)CCC(C)OC)ccc1C(=O)O. The Labute approximate surface area is 117 Å². The first-order valence-electron chi connectivity index (χ1n) is 6.22. The average Bonchev–Trinajstić information content (AvgIpc) is 2.44. The molecule has 1 unspecified atom stereocenters. The number of nitrogens with one attached hydrogen (secondary N) is 1. The molecule has 0 aliphatic heterocycles. The van der Waals surface area contributed by atoms with Crippen molar-refractivity contribution in [3.05, 3.63) is 23.8 Å². The van der Waals surface area contributed by atoms with Gasteiger partial charge in [0.15, 0.2) is 0 Å². The largest absolute Gasteiger partial charge is 0.496 e. The van der Waals surface area contributed by atoms with Crippen LogP contribution in [0.1, 0.15) is 30.1 Å². The number of amides is 1. The molecule has 1 amide bonds. The van der Waals surface area contributed by atoms with E-state index in [-0.39, 0.29) is 23.3 Å². The Hall–Kier alpha value is -2.08. The second-order valence-corrected chi connectivity index (χ2v) is 4.35. The Morgan fingerprint density at radius 3 is 2.60 bits per heavy atom. The highest BCUT2D eigenvalue weighted by atomic mass is 16.5. The molecule has 0 aliphatic carbocycles. The molecule has 1 aromatic rings. The number of benzene rings is 1. The molecule has 0 heterocycles. The molecule has 0 saturated carbocycles. The number of carbonyl (C=O) groups excluding carboxylic acids is 1. The van der Waals surface area contributed by atoms with Crippen LogP contribution in [0.15, 0.2) is 18.2 Å². The predicted molar refractivity (Wildman–Crippen MR) is 74.3 cm³/mol. The van der Waals surface area contributed by atoms with Crippen molar-refractivity contribution in [3.63, 3.8) is 0 Å². The van der Waals surface area contributed by atoms with Crippen LogP contribution in [0.3, 0.4) is 0 Å². The second kappa shape index (κ2) is 7.49. The van der Waals surface area contributed by atoms with Gasteiger partial charge in [-0.25, -0.2) is 4.79 Å². The second-order valence-electron chi connectivity index (χ2n) is 4.35. The van der Waals surface area contributed by atoms with Crippen LogP contribution in [-0.2, 0) is 9.53 Å². The van der Waals surface area contributed by atoms with Crippen LogP contribution >= 0.6 is 0 Å². The molecule has 0 radical (unpaired) electrons. The molecule has 1 atom stereocenters. The van der Waals surface area contributed by atoms with Gasteiger partial charge in [0, 0.05) is 25.3 Å². The molecular weight excluding hydrogens is 262 g/mol. The third kappa shape index (κ3) is 4.55. The van der Waals surface area contributed by atoms with Crippen molar-refractivity contribution in [2.24, 2.45) is 0 Å². The van der Waals surface area contributed by atoms with Crippen molar-refractivity contribution in [3.8, 4) is 5.75 Å². The van der Waals surface area contributed by atoms with Gasteiger partial charge in [-0.1, -0.05) is 0 Å². The van der Waals surface area contributed by atoms with Crippen LogP contribution in [0.25, 0.3) is 0 Å².